The van der Waals surface area contributed by atoms with Gasteiger partial charge in [0.2, 0.25) is 0 Å². The van der Waals surface area contributed by atoms with Crippen molar-refractivity contribution in [3.63, 3.8) is 0 Å². The molecule has 2 saturated carbocycles. The van der Waals surface area contributed by atoms with Crippen molar-refractivity contribution in [1.82, 2.24) is 4.90 Å². The molecular formula is C24H33NO6. The Morgan fingerprint density at radius 1 is 1.16 bits per heavy atom. The summed E-state index contributed by atoms with van der Waals surface area (Å²) in [4.78, 5) is 14.9. The number of ether oxygens (including phenoxy) is 2. The third kappa shape index (κ3) is 2.83. The SMILES string of the molecule is COc1ccc2c3c1O[C@H]1C(=O)CC[C@@]4(O)[C@@H](C2)N(C)CC[C@]314.O[C@@H]1CCCC[C@@H]1O. The van der Waals surface area contributed by atoms with E-state index in [-0.39, 0.29) is 11.8 Å². The first-order chi connectivity index (χ1) is 14.8. The van der Waals surface area contributed by atoms with Gasteiger partial charge >= 0.3 is 0 Å². The number of hydrogen-bond donors (Lipinski definition) is 3. The second-order valence-electron chi connectivity index (χ2n) is 9.86. The molecule has 3 N–H and O–H groups in total. The lowest BCUT2D eigenvalue weighted by Crippen LogP contribution is -2.76. The number of methoxy groups -OCH3 is 1. The summed E-state index contributed by atoms with van der Waals surface area (Å²) < 4.78 is 11.6. The predicted molar refractivity (Wildman–Crippen MR) is 113 cm³/mol. The Bertz CT molecular complexity index is 879. The second-order valence-corrected chi connectivity index (χ2v) is 9.86. The molecule has 1 saturated heterocycles. The quantitative estimate of drug-likeness (QED) is 0.617. The van der Waals surface area contributed by atoms with Crippen LogP contribution in [0.3, 0.4) is 0 Å². The lowest BCUT2D eigenvalue weighted by molar-refractivity contribution is -0.185. The van der Waals surface area contributed by atoms with Crippen LogP contribution in [0.1, 0.15) is 56.1 Å². The highest BCUT2D eigenvalue weighted by atomic mass is 16.5. The van der Waals surface area contributed by atoms with Crippen LogP contribution in [0.2, 0.25) is 0 Å². The molecule has 0 radical (unpaired) electrons. The molecule has 170 valence electrons. The molecule has 1 aromatic carbocycles. The van der Waals surface area contributed by atoms with Gasteiger partial charge in [0.25, 0.3) is 0 Å². The summed E-state index contributed by atoms with van der Waals surface area (Å²) in [5.41, 5.74) is 0.737. The average molecular weight is 432 g/mol. The van der Waals surface area contributed by atoms with Crippen LogP contribution in [-0.4, -0.2) is 76.7 Å². The molecule has 7 heteroatoms. The van der Waals surface area contributed by atoms with Gasteiger partial charge in [-0.25, -0.2) is 0 Å². The van der Waals surface area contributed by atoms with Crippen molar-refractivity contribution in [2.75, 3.05) is 20.7 Å². The van der Waals surface area contributed by atoms with E-state index in [9.17, 15) is 9.90 Å². The van der Waals surface area contributed by atoms with Crippen molar-refractivity contribution in [1.29, 1.82) is 0 Å². The van der Waals surface area contributed by atoms with Crippen molar-refractivity contribution in [2.45, 2.75) is 86.7 Å². The molecule has 0 amide bonds. The molecule has 31 heavy (non-hydrogen) atoms. The zero-order chi connectivity index (χ0) is 22.0. The predicted octanol–water partition coefficient (Wildman–Crippen LogP) is 1.33. The van der Waals surface area contributed by atoms with Gasteiger partial charge in [-0.15, -0.1) is 0 Å². The van der Waals surface area contributed by atoms with Gasteiger partial charge in [-0.05, 0) is 57.3 Å². The van der Waals surface area contributed by atoms with Gasteiger partial charge < -0.3 is 29.7 Å². The number of nitrogens with zero attached hydrogens (tertiary/aromatic N) is 1. The van der Waals surface area contributed by atoms with E-state index in [2.05, 4.69) is 18.0 Å². The number of aliphatic hydroxyl groups is 3. The third-order valence-corrected chi connectivity index (χ3v) is 8.42. The number of rotatable bonds is 1. The Hall–Kier alpha value is -1.67. The summed E-state index contributed by atoms with van der Waals surface area (Å²) in [5.74, 6) is 1.47. The summed E-state index contributed by atoms with van der Waals surface area (Å²) in [7, 11) is 3.70. The first-order valence-corrected chi connectivity index (χ1v) is 11.5. The largest absolute Gasteiger partial charge is 0.493 e. The number of aliphatic hydroxyl groups excluding tert-OH is 2. The van der Waals surface area contributed by atoms with Gasteiger partial charge in [0.05, 0.1) is 30.3 Å². The van der Waals surface area contributed by atoms with E-state index in [1.54, 1.807) is 7.11 Å². The lowest BCUT2D eigenvalue weighted by atomic mass is 9.49. The van der Waals surface area contributed by atoms with Crippen molar-refractivity contribution in [2.24, 2.45) is 0 Å². The van der Waals surface area contributed by atoms with E-state index in [0.717, 1.165) is 50.6 Å². The molecule has 3 fully saturated rings. The summed E-state index contributed by atoms with van der Waals surface area (Å²) in [6.45, 7) is 0.871. The number of carbonyl (C=O) groups is 1. The minimum atomic E-state index is -0.900. The fourth-order valence-corrected chi connectivity index (χ4v) is 6.78. The highest BCUT2D eigenvalue weighted by Crippen LogP contribution is 2.64. The monoisotopic (exact) mass is 431 g/mol. The van der Waals surface area contributed by atoms with Crippen molar-refractivity contribution >= 4 is 5.78 Å². The molecule has 2 heterocycles. The minimum Gasteiger partial charge on any atom is -0.493 e. The number of ketones is 1. The van der Waals surface area contributed by atoms with Gasteiger partial charge in [0, 0.05) is 18.0 Å². The molecule has 0 aromatic heterocycles. The Morgan fingerprint density at radius 2 is 1.87 bits per heavy atom. The molecule has 3 aliphatic carbocycles. The fraction of sp³-hybridized carbons (Fsp3) is 0.708. The minimum absolute atomic E-state index is 0.0438. The highest BCUT2D eigenvalue weighted by Gasteiger charge is 2.72. The van der Waals surface area contributed by atoms with Crippen LogP contribution < -0.4 is 9.47 Å². The first-order valence-electron chi connectivity index (χ1n) is 11.5. The molecule has 6 rings (SSSR count). The maximum absolute atomic E-state index is 12.7. The van der Waals surface area contributed by atoms with Crippen molar-refractivity contribution in [3.8, 4) is 11.5 Å². The van der Waals surface area contributed by atoms with Gasteiger partial charge in [-0.3, -0.25) is 4.79 Å². The van der Waals surface area contributed by atoms with Crippen LogP contribution >= 0.6 is 0 Å². The molecule has 1 aromatic rings. The standard InChI is InChI=1S/C18H21NO4.C6H12O2/c1-19-8-7-17-14-10-3-4-12(22-2)15(14)23-16(17)11(20)5-6-18(17,21)13(19)9-10;7-5-3-1-2-4-6(5)8/h3-4,13,16,21H,5-9H2,1-2H3;5-8H,1-4H2/t13-,16+,17+,18-;5-,6+/m1./s1. The molecular weight excluding hydrogens is 398 g/mol. The molecule has 7 nitrogen and oxygen atoms in total. The number of Topliss-reactive ketones (excluding diaryl/α,β-unsaturated/α-hetero) is 1. The highest BCUT2D eigenvalue weighted by molar-refractivity contribution is 5.90. The Kier molecular flexibility index (Phi) is 5.09. The van der Waals surface area contributed by atoms with Gasteiger partial charge in [0.1, 0.15) is 0 Å². The number of likely N-dealkylation sites (tertiary alicyclic amines) is 1. The number of piperidine rings is 1. The third-order valence-electron chi connectivity index (χ3n) is 8.42. The van der Waals surface area contributed by atoms with E-state index in [4.69, 9.17) is 19.7 Å². The number of likely N-dealkylation sites (N-methyl/N-ethyl adjacent to an activating group) is 1. The van der Waals surface area contributed by atoms with E-state index in [0.29, 0.717) is 24.3 Å². The van der Waals surface area contributed by atoms with E-state index in [1.165, 1.54) is 5.56 Å². The molecule has 2 aliphatic heterocycles. The summed E-state index contributed by atoms with van der Waals surface area (Å²) in [6.07, 6.45) is 4.70. The Labute approximate surface area is 183 Å². The van der Waals surface area contributed by atoms with E-state index < -0.39 is 29.3 Å². The molecule has 2 bridgehead atoms. The zero-order valence-electron chi connectivity index (χ0n) is 18.3. The second kappa shape index (κ2) is 7.44. The van der Waals surface area contributed by atoms with Crippen LogP contribution in [0, 0.1) is 0 Å². The Balaban J connectivity index is 0.000000217. The Morgan fingerprint density at radius 3 is 2.52 bits per heavy atom. The maximum atomic E-state index is 12.7. The maximum Gasteiger partial charge on any atom is 0.174 e. The normalized spacial score (nSPS) is 40.4. The van der Waals surface area contributed by atoms with Gasteiger partial charge in [-0.1, -0.05) is 18.9 Å². The number of benzene rings is 1. The van der Waals surface area contributed by atoms with Crippen LogP contribution in [0.15, 0.2) is 12.1 Å². The average Bonchev–Trinajstić information content (AvgIpc) is 3.12. The molecule has 0 unspecified atom stereocenters. The van der Waals surface area contributed by atoms with Crippen LogP contribution in [0.5, 0.6) is 11.5 Å². The van der Waals surface area contributed by atoms with E-state index in [1.807, 2.05) is 6.07 Å². The van der Waals surface area contributed by atoms with Crippen molar-refractivity contribution < 1.29 is 29.6 Å². The van der Waals surface area contributed by atoms with Crippen LogP contribution in [0.4, 0.5) is 0 Å². The number of hydrogen-bond acceptors (Lipinski definition) is 7. The zero-order valence-corrected chi connectivity index (χ0v) is 18.3. The topological polar surface area (TPSA) is 99.5 Å². The summed E-state index contributed by atoms with van der Waals surface area (Å²) >= 11 is 0. The fourth-order valence-electron chi connectivity index (χ4n) is 6.78. The molecule has 6 atom stereocenters. The van der Waals surface area contributed by atoms with Crippen molar-refractivity contribution in [3.05, 3.63) is 23.3 Å². The summed E-state index contributed by atoms with van der Waals surface area (Å²) in [6, 6.07) is 4.05. The van der Waals surface area contributed by atoms with Crippen LogP contribution in [-0.2, 0) is 16.6 Å². The molecule has 1 spiro atoms. The lowest BCUT2D eigenvalue weighted by Gasteiger charge is -2.62. The van der Waals surface area contributed by atoms with Gasteiger partial charge in [-0.2, -0.15) is 0 Å². The van der Waals surface area contributed by atoms with Crippen LogP contribution in [0.25, 0.3) is 0 Å². The summed E-state index contributed by atoms with van der Waals surface area (Å²) in [5, 5.41) is 29.6. The van der Waals surface area contributed by atoms with E-state index >= 15 is 0 Å². The first kappa shape index (κ1) is 21.2. The molecule has 5 aliphatic rings. The number of carbonyl (C=O) groups excluding carboxylic acids is 1. The van der Waals surface area contributed by atoms with Gasteiger partial charge in [0.15, 0.2) is 23.4 Å². The smallest absolute Gasteiger partial charge is 0.174 e.